The molecule has 0 radical (unpaired) electrons. The molecule has 0 amide bonds. The van der Waals surface area contributed by atoms with Gasteiger partial charge in [0.2, 0.25) is 5.82 Å². The Morgan fingerprint density at radius 2 is 2.07 bits per heavy atom. The van der Waals surface area contributed by atoms with Crippen molar-refractivity contribution >= 4 is 9.84 Å². The van der Waals surface area contributed by atoms with Gasteiger partial charge in [-0.05, 0) is 0 Å². The molecule has 0 spiro atoms. The van der Waals surface area contributed by atoms with Crippen molar-refractivity contribution in [1.29, 1.82) is 0 Å². The van der Waals surface area contributed by atoms with Crippen molar-refractivity contribution in [2.45, 2.75) is 5.88 Å². The fourth-order valence-electron chi connectivity index (χ4n) is 0.831. The third kappa shape index (κ3) is 2.52. The summed E-state index contributed by atoms with van der Waals surface area (Å²) in [6.07, 6.45) is 1.45. The van der Waals surface area contributed by atoms with E-state index in [0.717, 1.165) is 6.26 Å². The summed E-state index contributed by atoms with van der Waals surface area (Å²) >= 11 is 0. The molecule has 1 rings (SSSR count). The van der Waals surface area contributed by atoms with E-state index in [0.29, 0.717) is 10.8 Å². The summed E-state index contributed by atoms with van der Waals surface area (Å²) in [4.78, 5) is 23.2. The van der Waals surface area contributed by atoms with Crippen LogP contribution in [-0.4, -0.2) is 24.2 Å². The number of aromatic amines is 1. The third-order valence-electron chi connectivity index (χ3n) is 1.34. The Balaban J connectivity index is 3.31. The number of hydrogen-bond acceptors (Lipinski definition) is 4. The van der Waals surface area contributed by atoms with Gasteiger partial charge in [0.1, 0.15) is 5.88 Å². The van der Waals surface area contributed by atoms with Crippen LogP contribution < -0.4 is 11.2 Å². The molecule has 0 fully saturated rings. The van der Waals surface area contributed by atoms with Crippen LogP contribution in [0.1, 0.15) is 0 Å². The molecule has 8 heteroatoms. The molecule has 14 heavy (non-hydrogen) atoms. The van der Waals surface area contributed by atoms with Crippen LogP contribution in [-0.2, 0) is 15.7 Å². The normalized spacial score (nSPS) is 11.6. The minimum Gasteiger partial charge on any atom is -0.283 e. The van der Waals surface area contributed by atoms with Crippen molar-refractivity contribution in [3.63, 3.8) is 0 Å². The summed E-state index contributed by atoms with van der Waals surface area (Å²) in [5.74, 6) is -1.87. The molecule has 0 bridgehead atoms. The van der Waals surface area contributed by atoms with E-state index in [2.05, 4.69) is 0 Å². The highest BCUT2D eigenvalue weighted by Crippen LogP contribution is 1.89. The fraction of sp³-hybridized carbons (Fsp3) is 0.333. The predicted octanol–water partition coefficient (Wildman–Crippen LogP) is -1.32. The lowest BCUT2D eigenvalue weighted by molar-refractivity contribution is 0.559. The largest absolute Gasteiger partial charge is 0.329 e. The molecule has 0 saturated heterocycles. The van der Waals surface area contributed by atoms with Gasteiger partial charge >= 0.3 is 5.69 Å². The monoisotopic (exact) mass is 222 g/mol. The second-order valence-electron chi connectivity index (χ2n) is 2.76. The Morgan fingerprint density at radius 3 is 2.57 bits per heavy atom. The van der Waals surface area contributed by atoms with Crippen molar-refractivity contribution in [2.24, 2.45) is 0 Å². The zero-order chi connectivity index (χ0) is 10.9. The number of aromatic nitrogens is 2. The van der Waals surface area contributed by atoms with E-state index < -0.39 is 32.8 Å². The number of H-pyrrole nitrogens is 1. The lowest BCUT2D eigenvalue weighted by Gasteiger charge is -2.01. The number of rotatable bonds is 2. The SMILES string of the molecule is CS(=O)(=O)Cn1cc(F)c(=O)[nH]c1=O. The van der Waals surface area contributed by atoms with Gasteiger partial charge in [-0.1, -0.05) is 0 Å². The molecular formula is C6H7FN2O4S. The van der Waals surface area contributed by atoms with E-state index >= 15 is 0 Å². The summed E-state index contributed by atoms with van der Waals surface area (Å²) in [7, 11) is -3.46. The highest BCUT2D eigenvalue weighted by Gasteiger charge is 2.08. The van der Waals surface area contributed by atoms with Gasteiger partial charge in [-0.3, -0.25) is 14.3 Å². The number of sulfone groups is 1. The van der Waals surface area contributed by atoms with Crippen molar-refractivity contribution in [3.8, 4) is 0 Å². The van der Waals surface area contributed by atoms with Gasteiger partial charge in [0.15, 0.2) is 9.84 Å². The summed E-state index contributed by atoms with van der Waals surface area (Å²) < 4.78 is 34.8. The number of halogens is 1. The molecule has 1 heterocycles. The maximum atomic E-state index is 12.6. The molecule has 0 aromatic carbocycles. The first-order valence-corrected chi connectivity index (χ1v) is 5.52. The van der Waals surface area contributed by atoms with Crippen molar-refractivity contribution in [3.05, 3.63) is 32.9 Å². The van der Waals surface area contributed by atoms with Crippen LogP contribution in [0.2, 0.25) is 0 Å². The molecule has 1 aromatic heterocycles. The number of nitrogens with zero attached hydrogens (tertiary/aromatic N) is 1. The van der Waals surface area contributed by atoms with Crippen LogP contribution in [0.5, 0.6) is 0 Å². The van der Waals surface area contributed by atoms with Crippen LogP contribution in [0.4, 0.5) is 4.39 Å². The van der Waals surface area contributed by atoms with Crippen molar-refractivity contribution < 1.29 is 12.8 Å². The Labute approximate surface area is 77.9 Å². The predicted molar refractivity (Wildman–Crippen MR) is 46.1 cm³/mol. The van der Waals surface area contributed by atoms with E-state index in [1.807, 2.05) is 0 Å². The first kappa shape index (κ1) is 10.6. The zero-order valence-electron chi connectivity index (χ0n) is 7.15. The summed E-state index contributed by atoms with van der Waals surface area (Å²) in [6.45, 7) is 0. The van der Waals surface area contributed by atoms with Gasteiger partial charge in [-0.2, -0.15) is 4.39 Å². The molecule has 6 nitrogen and oxygen atoms in total. The van der Waals surface area contributed by atoms with Gasteiger partial charge in [0.25, 0.3) is 5.56 Å². The lowest BCUT2D eigenvalue weighted by Crippen LogP contribution is -2.32. The van der Waals surface area contributed by atoms with E-state index in [1.165, 1.54) is 0 Å². The maximum absolute atomic E-state index is 12.6. The second-order valence-corrected chi connectivity index (χ2v) is 4.87. The molecule has 0 aliphatic carbocycles. The molecule has 0 unspecified atom stereocenters. The second kappa shape index (κ2) is 3.37. The zero-order valence-corrected chi connectivity index (χ0v) is 7.97. The molecule has 1 aromatic rings. The molecule has 0 aliphatic rings. The topological polar surface area (TPSA) is 89.0 Å². The molecule has 0 aliphatic heterocycles. The minimum atomic E-state index is -3.46. The first-order valence-electron chi connectivity index (χ1n) is 3.46. The summed E-state index contributed by atoms with van der Waals surface area (Å²) in [6, 6.07) is 0. The van der Waals surface area contributed by atoms with Crippen molar-refractivity contribution in [1.82, 2.24) is 9.55 Å². The maximum Gasteiger partial charge on any atom is 0.329 e. The first-order chi connectivity index (χ1) is 6.29. The minimum absolute atomic E-state index is 0.558. The quantitative estimate of drug-likeness (QED) is 0.672. The van der Waals surface area contributed by atoms with E-state index in [-0.39, 0.29) is 0 Å². The Morgan fingerprint density at radius 1 is 1.50 bits per heavy atom. The summed E-state index contributed by atoms with van der Waals surface area (Å²) in [5, 5.41) is 0. The van der Waals surface area contributed by atoms with Gasteiger partial charge in [0, 0.05) is 6.26 Å². The van der Waals surface area contributed by atoms with Gasteiger partial charge in [0.05, 0.1) is 6.20 Å². The van der Waals surface area contributed by atoms with E-state index in [9.17, 15) is 22.4 Å². The van der Waals surface area contributed by atoms with Crippen LogP contribution in [0.25, 0.3) is 0 Å². The van der Waals surface area contributed by atoms with Crippen molar-refractivity contribution in [2.75, 3.05) is 6.26 Å². The number of hydrogen-bond donors (Lipinski definition) is 1. The molecule has 0 saturated carbocycles. The van der Waals surface area contributed by atoms with Crippen LogP contribution in [0.3, 0.4) is 0 Å². The fourth-order valence-corrected chi connectivity index (χ4v) is 1.53. The highest BCUT2D eigenvalue weighted by molar-refractivity contribution is 7.89. The van der Waals surface area contributed by atoms with Gasteiger partial charge in [-0.25, -0.2) is 13.2 Å². The Hall–Kier alpha value is -1.44. The summed E-state index contributed by atoms with van der Waals surface area (Å²) in [5.41, 5.74) is -2.12. The molecule has 0 atom stereocenters. The average Bonchev–Trinajstić information content (AvgIpc) is 1.97. The average molecular weight is 222 g/mol. The molecule has 78 valence electrons. The van der Waals surface area contributed by atoms with Crippen LogP contribution >= 0.6 is 0 Å². The standard InChI is InChI=1S/C6H7FN2O4S/c1-14(12,13)3-9-2-4(7)5(10)8-6(9)11/h2H,3H2,1H3,(H,8,10,11). The van der Waals surface area contributed by atoms with Crippen LogP contribution in [0, 0.1) is 5.82 Å². The van der Waals surface area contributed by atoms with E-state index in [4.69, 9.17) is 0 Å². The van der Waals surface area contributed by atoms with Crippen LogP contribution in [0.15, 0.2) is 15.8 Å². The molecule has 1 N–H and O–H groups in total. The number of nitrogens with one attached hydrogen (secondary N) is 1. The van der Waals surface area contributed by atoms with E-state index in [1.54, 1.807) is 4.98 Å². The Kier molecular flexibility index (Phi) is 2.56. The highest BCUT2D eigenvalue weighted by atomic mass is 32.2. The third-order valence-corrected chi connectivity index (χ3v) is 2.09. The molecular weight excluding hydrogens is 215 g/mol. The lowest BCUT2D eigenvalue weighted by atomic mass is 10.6. The smallest absolute Gasteiger partial charge is 0.283 e. The van der Waals surface area contributed by atoms with Gasteiger partial charge in [-0.15, -0.1) is 0 Å². The van der Waals surface area contributed by atoms with Gasteiger partial charge < -0.3 is 0 Å². The Bertz CT molecular complexity index is 556.